The number of thiazole rings is 1. The molecule has 2 N–H and O–H groups in total. The van der Waals surface area contributed by atoms with E-state index in [-0.39, 0.29) is 24.4 Å². The largest absolute Gasteiger partial charge is 0.351 e. The normalized spacial score (nSPS) is 19.9. The van der Waals surface area contributed by atoms with E-state index in [0.717, 1.165) is 25.2 Å². The highest BCUT2D eigenvalue weighted by Crippen LogP contribution is 2.22. The predicted molar refractivity (Wildman–Crippen MR) is 89.0 cm³/mol. The van der Waals surface area contributed by atoms with Gasteiger partial charge in [0.1, 0.15) is 5.82 Å². The van der Waals surface area contributed by atoms with E-state index in [1.54, 1.807) is 11.1 Å². The minimum Gasteiger partial charge on any atom is -0.351 e. The van der Waals surface area contributed by atoms with Crippen molar-refractivity contribution >= 4 is 28.4 Å². The average molecular weight is 346 g/mol. The molecule has 0 saturated carbocycles. The smallest absolute Gasteiger partial charge is 0.323 e. The lowest BCUT2D eigenvalue weighted by Crippen LogP contribution is -2.41. The summed E-state index contributed by atoms with van der Waals surface area (Å²) in [4.78, 5) is 34.2. The predicted octanol–water partition coefficient (Wildman–Crippen LogP) is 0.543. The number of rotatable bonds is 4. The van der Waals surface area contributed by atoms with Gasteiger partial charge in [0.25, 0.3) is 0 Å². The third-order valence-corrected chi connectivity index (χ3v) is 5.18. The summed E-state index contributed by atoms with van der Waals surface area (Å²) < 4.78 is 2.08. The molecule has 0 aromatic carbocycles. The van der Waals surface area contributed by atoms with Crippen LogP contribution in [0.15, 0.2) is 17.8 Å². The monoisotopic (exact) mass is 346 g/mol. The number of hydrogen-bond acceptors (Lipinski definition) is 5. The number of hydrogen-bond donors (Lipinski definition) is 2. The molecule has 8 nitrogen and oxygen atoms in total. The lowest BCUT2D eigenvalue weighted by Gasteiger charge is -2.24. The molecule has 0 spiro atoms. The quantitative estimate of drug-likeness (QED) is 0.845. The van der Waals surface area contributed by atoms with E-state index >= 15 is 0 Å². The minimum atomic E-state index is -0.126. The van der Waals surface area contributed by atoms with Gasteiger partial charge in [0.15, 0.2) is 5.13 Å². The summed E-state index contributed by atoms with van der Waals surface area (Å²) in [5.41, 5.74) is 0.700. The van der Waals surface area contributed by atoms with Crippen LogP contribution in [0, 0.1) is 0 Å². The van der Waals surface area contributed by atoms with Crippen LogP contribution in [0.1, 0.15) is 17.9 Å². The second kappa shape index (κ2) is 6.23. The standard InChI is InChI=1S/C15H18N6O2S/c22-13(18-10-1-2-12-16-3-5-20(12)8-10)7-11-9-24-15(19-11)21-6-4-17-14(21)23/h3,5,9-10H,1-2,4,6-8H2,(H,17,23)(H,18,22). The Morgan fingerprint density at radius 1 is 1.50 bits per heavy atom. The first-order valence-corrected chi connectivity index (χ1v) is 8.86. The Kier molecular flexibility index (Phi) is 3.93. The van der Waals surface area contributed by atoms with Crippen molar-refractivity contribution in [2.45, 2.75) is 31.8 Å². The Morgan fingerprint density at radius 3 is 3.25 bits per heavy atom. The number of anilines is 1. The second-order valence-corrected chi connectivity index (χ2v) is 6.82. The SMILES string of the molecule is O=C(Cc1csc(N2CCNC2=O)n1)NC1CCc2nccn2C1. The number of nitrogens with zero attached hydrogens (tertiary/aromatic N) is 4. The summed E-state index contributed by atoms with van der Waals surface area (Å²) in [5.74, 6) is 1.04. The molecule has 3 amide bonds. The van der Waals surface area contributed by atoms with Crippen LogP contribution in [0.2, 0.25) is 0 Å². The third-order valence-electron chi connectivity index (χ3n) is 4.27. The highest BCUT2D eigenvalue weighted by atomic mass is 32.1. The van der Waals surface area contributed by atoms with Gasteiger partial charge in [-0.25, -0.2) is 14.8 Å². The zero-order valence-corrected chi connectivity index (χ0v) is 13.9. The second-order valence-electron chi connectivity index (χ2n) is 5.98. The number of fused-ring (bicyclic) bond motifs is 1. The maximum Gasteiger partial charge on any atom is 0.323 e. The van der Waals surface area contributed by atoms with Crippen LogP contribution in [0.4, 0.5) is 9.93 Å². The van der Waals surface area contributed by atoms with Gasteiger partial charge in [0.2, 0.25) is 5.91 Å². The number of urea groups is 1. The number of imidazole rings is 1. The number of carbonyl (C=O) groups is 2. The molecule has 4 rings (SSSR count). The average Bonchev–Trinajstić information content (AvgIpc) is 3.27. The van der Waals surface area contributed by atoms with Crippen LogP contribution in [-0.4, -0.2) is 45.6 Å². The minimum absolute atomic E-state index is 0.0358. The molecule has 0 radical (unpaired) electrons. The first-order valence-electron chi connectivity index (χ1n) is 7.98. The number of aryl methyl sites for hydroxylation is 1. The van der Waals surface area contributed by atoms with Crippen LogP contribution in [0.3, 0.4) is 0 Å². The maximum atomic E-state index is 12.3. The van der Waals surface area contributed by atoms with Gasteiger partial charge in [-0.3, -0.25) is 9.69 Å². The summed E-state index contributed by atoms with van der Waals surface area (Å²) in [6, 6.07) is 0.000333. The topological polar surface area (TPSA) is 92.2 Å². The van der Waals surface area contributed by atoms with E-state index in [4.69, 9.17) is 0 Å². The van der Waals surface area contributed by atoms with Crippen molar-refractivity contribution in [3.05, 3.63) is 29.3 Å². The molecule has 0 bridgehead atoms. The van der Waals surface area contributed by atoms with Crippen molar-refractivity contribution in [2.75, 3.05) is 18.0 Å². The van der Waals surface area contributed by atoms with E-state index in [1.807, 2.05) is 11.6 Å². The molecule has 1 saturated heterocycles. The van der Waals surface area contributed by atoms with Gasteiger partial charge in [-0.05, 0) is 6.42 Å². The molecule has 0 aliphatic carbocycles. The summed E-state index contributed by atoms with van der Waals surface area (Å²) in [5, 5.41) is 8.30. The van der Waals surface area contributed by atoms with E-state index < -0.39 is 0 Å². The lowest BCUT2D eigenvalue weighted by molar-refractivity contribution is -0.121. The molecule has 24 heavy (non-hydrogen) atoms. The van der Waals surface area contributed by atoms with Crippen molar-refractivity contribution in [1.82, 2.24) is 25.2 Å². The molecule has 2 aliphatic heterocycles. The van der Waals surface area contributed by atoms with Crippen LogP contribution in [-0.2, 0) is 24.2 Å². The molecule has 1 unspecified atom stereocenters. The number of aromatic nitrogens is 3. The Bertz CT molecular complexity index is 770. The van der Waals surface area contributed by atoms with Crippen molar-refractivity contribution in [1.29, 1.82) is 0 Å². The van der Waals surface area contributed by atoms with Gasteiger partial charge in [0.05, 0.1) is 12.1 Å². The Balaban J connectivity index is 1.33. The number of carbonyl (C=O) groups excluding carboxylic acids is 2. The van der Waals surface area contributed by atoms with Crippen LogP contribution in [0.25, 0.3) is 0 Å². The van der Waals surface area contributed by atoms with E-state index in [2.05, 4.69) is 25.2 Å². The van der Waals surface area contributed by atoms with Gasteiger partial charge in [0, 0.05) is 49.9 Å². The maximum absolute atomic E-state index is 12.3. The zero-order valence-electron chi connectivity index (χ0n) is 13.1. The van der Waals surface area contributed by atoms with Crippen LogP contribution >= 0.6 is 11.3 Å². The molecule has 1 fully saturated rings. The summed E-state index contributed by atoms with van der Waals surface area (Å²) in [6.45, 7) is 2.01. The highest BCUT2D eigenvalue weighted by molar-refractivity contribution is 7.14. The fourth-order valence-corrected chi connectivity index (χ4v) is 3.93. The summed E-state index contributed by atoms with van der Waals surface area (Å²) in [6.07, 6.45) is 5.76. The highest BCUT2D eigenvalue weighted by Gasteiger charge is 2.25. The van der Waals surface area contributed by atoms with Gasteiger partial charge >= 0.3 is 6.03 Å². The summed E-state index contributed by atoms with van der Waals surface area (Å²) >= 11 is 1.39. The summed E-state index contributed by atoms with van der Waals surface area (Å²) in [7, 11) is 0. The molecule has 126 valence electrons. The van der Waals surface area contributed by atoms with E-state index in [9.17, 15) is 9.59 Å². The van der Waals surface area contributed by atoms with Crippen molar-refractivity contribution in [3.63, 3.8) is 0 Å². The molecule has 2 aromatic rings. The number of amides is 3. The molecule has 1 atom stereocenters. The van der Waals surface area contributed by atoms with Crippen LogP contribution in [0.5, 0.6) is 0 Å². The molecule has 2 aliphatic rings. The van der Waals surface area contributed by atoms with Crippen LogP contribution < -0.4 is 15.5 Å². The Morgan fingerprint density at radius 2 is 2.42 bits per heavy atom. The third kappa shape index (κ3) is 2.99. The van der Waals surface area contributed by atoms with Gasteiger partial charge in [-0.2, -0.15) is 0 Å². The van der Waals surface area contributed by atoms with Crippen molar-refractivity contribution in [2.24, 2.45) is 0 Å². The van der Waals surface area contributed by atoms with E-state index in [0.29, 0.717) is 23.9 Å². The molecule has 2 aromatic heterocycles. The Hall–Kier alpha value is -2.42. The Labute approximate surface area is 142 Å². The fraction of sp³-hybridized carbons (Fsp3) is 0.467. The lowest BCUT2D eigenvalue weighted by atomic mass is 10.1. The molecular formula is C15H18N6O2S. The zero-order chi connectivity index (χ0) is 16.5. The first-order chi connectivity index (χ1) is 11.7. The van der Waals surface area contributed by atoms with Crippen molar-refractivity contribution in [3.8, 4) is 0 Å². The molecule has 4 heterocycles. The van der Waals surface area contributed by atoms with Gasteiger partial charge < -0.3 is 15.2 Å². The fourth-order valence-electron chi connectivity index (χ4n) is 3.08. The first kappa shape index (κ1) is 15.1. The molecular weight excluding hydrogens is 328 g/mol. The van der Waals surface area contributed by atoms with E-state index in [1.165, 1.54) is 11.3 Å². The van der Waals surface area contributed by atoms with Crippen molar-refractivity contribution < 1.29 is 9.59 Å². The van der Waals surface area contributed by atoms with Gasteiger partial charge in [-0.1, -0.05) is 0 Å². The van der Waals surface area contributed by atoms with Gasteiger partial charge in [-0.15, -0.1) is 11.3 Å². The molecule has 9 heteroatoms. The number of nitrogens with one attached hydrogen (secondary N) is 2.